The molecule has 0 unspecified atom stereocenters. The van der Waals surface area contributed by atoms with Gasteiger partial charge in [-0.05, 0) is 107 Å². The van der Waals surface area contributed by atoms with Crippen molar-refractivity contribution in [1.82, 2.24) is 0 Å². The Morgan fingerprint density at radius 1 is 0.364 bits per heavy atom. The summed E-state index contributed by atoms with van der Waals surface area (Å²) in [6.07, 6.45) is 6.82. The van der Waals surface area contributed by atoms with E-state index >= 15 is 0 Å². The van der Waals surface area contributed by atoms with Gasteiger partial charge in [-0.15, -0.1) is 0 Å². The van der Waals surface area contributed by atoms with Gasteiger partial charge in [-0.1, -0.05) is 152 Å². The second-order valence-electron chi connectivity index (χ2n) is 11.9. The van der Waals surface area contributed by atoms with Crippen LogP contribution < -0.4 is 0 Å². The van der Waals surface area contributed by atoms with Crippen molar-refractivity contribution < 1.29 is 0 Å². The number of rotatable bonds is 3. The van der Waals surface area contributed by atoms with E-state index < -0.39 is 0 Å². The van der Waals surface area contributed by atoms with E-state index in [1.807, 2.05) is 0 Å². The van der Waals surface area contributed by atoms with Crippen LogP contribution in [0.5, 0.6) is 0 Å². The Morgan fingerprint density at radius 2 is 0.864 bits per heavy atom. The van der Waals surface area contributed by atoms with Crippen molar-refractivity contribution in [2.75, 3.05) is 0 Å². The molecule has 0 atom stereocenters. The van der Waals surface area contributed by atoms with Crippen LogP contribution in [0.2, 0.25) is 0 Å². The largest absolute Gasteiger partial charge is 0.0836 e. The molecule has 0 bridgehead atoms. The highest BCUT2D eigenvalue weighted by molar-refractivity contribution is 6.24. The highest BCUT2D eigenvalue weighted by atomic mass is 14.2. The third-order valence-corrected chi connectivity index (χ3v) is 9.51. The quantitative estimate of drug-likeness (QED) is 0.189. The number of allylic oxidation sites excluding steroid dienone is 1. The van der Waals surface area contributed by atoms with Gasteiger partial charge in [-0.25, -0.2) is 0 Å². The van der Waals surface area contributed by atoms with Crippen molar-refractivity contribution in [3.63, 3.8) is 0 Å². The molecule has 0 aliphatic heterocycles. The van der Waals surface area contributed by atoms with Gasteiger partial charge < -0.3 is 0 Å². The molecule has 0 heterocycles. The van der Waals surface area contributed by atoms with Crippen LogP contribution in [0.1, 0.15) is 17.5 Å². The van der Waals surface area contributed by atoms with Crippen LogP contribution >= 0.6 is 0 Å². The SMILES string of the molecule is C1=Cc2c(cc(-c3ccccc3-c3c4ccccc4c(-c4cccc5ccccc45)c4ccccc34)c3ccccc23)CC1. The van der Waals surface area contributed by atoms with Crippen LogP contribution in [0.3, 0.4) is 0 Å². The minimum Gasteiger partial charge on any atom is -0.0836 e. The first-order valence-corrected chi connectivity index (χ1v) is 15.6. The minimum absolute atomic E-state index is 1.08. The zero-order valence-electron chi connectivity index (χ0n) is 24.4. The maximum absolute atomic E-state index is 2.47. The van der Waals surface area contributed by atoms with Crippen LogP contribution in [0.15, 0.2) is 152 Å². The number of hydrogen-bond acceptors (Lipinski definition) is 0. The Labute approximate surface area is 257 Å². The molecule has 0 spiro atoms. The summed E-state index contributed by atoms with van der Waals surface area (Å²) in [5.74, 6) is 0. The van der Waals surface area contributed by atoms with Gasteiger partial charge in [0.2, 0.25) is 0 Å². The third kappa shape index (κ3) is 3.78. The first kappa shape index (κ1) is 25.1. The van der Waals surface area contributed by atoms with Crippen molar-refractivity contribution in [3.05, 3.63) is 163 Å². The molecular weight excluding hydrogens is 528 g/mol. The smallest absolute Gasteiger partial charge is 0.00201 e. The normalized spacial score (nSPS) is 12.7. The molecule has 0 nitrogen and oxygen atoms in total. The molecule has 44 heavy (non-hydrogen) atoms. The van der Waals surface area contributed by atoms with Crippen molar-refractivity contribution in [3.8, 4) is 33.4 Å². The predicted octanol–water partition coefficient (Wildman–Crippen LogP) is 12.3. The predicted molar refractivity (Wildman–Crippen MR) is 190 cm³/mol. The lowest BCUT2D eigenvalue weighted by molar-refractivity contribution is 0.990. The summed E-state index contributed by atoms with van der Waals surface area (Å²) >= 11 is 0. The van der Waals surface area contributed by atoms with Crippen LogP contribution in [-0.4, -0.2) is 0 Å². The molecule has 9 rings (SSSR count). The Balaban J connectivity index is 1.40. The fourth-order valence-electron chi connectivity index (χ4n) is 7.61. The molecule has 1 aliphatic rings. The Bertz CT molecular complexity index is 2380. The second-order valence-corrected chi connectivity index (χ2v) is 11.9. The molecule has 8 aromatic rings. The first-order chi connectivity index (χ1) is 21.9. The van der Waals surface area contributed by atoms with Gasteiger partial charge >= 0.3 is 0 Å². The molecule has 0 aromatic heterocycles. The lowest BCUT2D eigenvalue weighted by Gasteiger charge is -2.22. The van der Waals surface area contributed by atoms with Gasteiger partial charge in [0.25, 0.3) is 0 Å². The lowest BCUT2D eigenvalue weighted by atomic mass is 9.81. The van der Waals surface area contributed by atoms with Crippen molar-refractivity contribution in [1.29, 1.82) is 0 Å². The van der Waals surface area contributed by atoms with E-state index in [2.05, 4.69) is 158 Å². The molecule has 0 saturated heterocycles. The van der Waals surface area contributed by atoms with E-state index in [4.69, 9.17) is 0 Å². The zero-order chi connectivity index (χ0) is 29.0. The van der Waals surface area contributed by atoms with Crippen molar-refractivity contribution >= 4 is 49.2 Å². The van der Waals surface area contributed by atoms with E-state index in [-0.39, 0.29) is 0 Å². The highest BCUT2D eigenvalue weighted by Crippen LogP contribution is 2.48. The van der Waals surface area contributed by atoms with Crippen molar-refractivity contribution in [2.24, 2.45) is 0 Å². The third-order valence-electron chi connectivity index (χ3n) is 9.51. The van der Waals surface area contributed by atoms with Crippen LogP contribution in [0.25, 0.3) is 82.5 Å². The van der Waals surface area contributed by atoms with Gasteiger partial charge in [-0.2, -0.15) is 0 Å². The number of fused-ring (bicyclic) bond motifs is 6. The zero-order valence-corrected chi connectivity index (χ0v) is 24.4. The average Bonchev–Trinajstić information content (AvgIpc) is 3.10. The number of aryl methyl sites for hydroxylation is 1. The summed E-state index contributed by atoms with van der Waals surface area (Å²) in [5, 5.41) is 10.3. The molecule has 0 fully saturated rings. The van der Waals surface area contributed by atoms with E-state index in [0.29, 0.717) is 0 Å². The maximum Gasteiger partial charge on any atom is -0.00201 e. The molecule has 0 saturated carbocycles. The summed E-state index contributed by atoms with van der Waals surface area (Å²) in [6.45, 7) is 0. The van der Waals surface area contributed by atoms with E-state index in [1.165, 1.54) is 87.6 Å². The van der Waals surface area contributed by atoms with Gasteiger partial charge in [-0.3, -0.25) is 0 Å². The van der Waals surface area contributed by atoms with Gasteiger partial charge in [0, 0.05) is 0 Å². The molecule has 206 valence electrons. The van der Waals surface area contributed by atoms with E-state index in [9.17, 15) is 0 Å². The molecule has 0 heteroatoms. The Kier molecular flexibility index (Phi) is 5.74. The van der Waals surface area contributed by atoms with Crippen LogP contribution in [0.4, 0.5) is 0 Å². The topological polar surface area (TPSA) is 0 Å². The lowest BCUT2D eigenvalue weighted by Crippen LogP contribution is -1.98. The van der Waals surface area contributed by atoms with Gasteiger partial charge in [0.1, 0.15) is 0 Å². The van der Waals surface area contributed by atoms with Gasteiger partial charge in [0.05, 0.1) is 0 Å². The molecule has 1 aliphatic carbocycles. The summed E-state index contributed by atoms with van der Waals surface area (Å²) < 4.78 is 0. The summed E-state index contributed by atoms with van der Waals surface area (Å²) in [6, 6.07) is 53.9. The first-order valence-electron chi connectivity index (χ1n) is 15.6. The molecular formula is C44H30. The van der Waals surface area contributed by atoms with Gasteiger partial charge in [0.15, 0.2) is 0 Å². The summed E-state index contributed by atoms with van der Waals surface area (Å²) in [7, 11) is 0. The molecule has 0 N–H and O–H groups in total. The van der Waals surface area contributed by atoms with Crippen molar-refractivity contribution in [2.45, 2.75) is 12.8 Å². The maximum atomic E-state index is 2.47. The number of benzene rings is 8. The van der Waals surface area contributed by atoms with E-state index in [0.717, 1.165) is 12.8 Å². The summed E-state index contributed by atoms with van der Waals surface area (Å²) in [4.78, 5) is 0. The van der Waals surface area contributed by atoms with Crippen LogP contribution in [0, 0.1) is 0 Å². The summed E-state index contributed by atoms with van der Waals surface area (Å²) in [5.41, 5.74) is 10.6. The monoisotopic (exact) mass is 558 g/mol. The minimum atomic E-state index is 1.08. The fraction of sp³-hybridized carbons (Fsp3) is 0.0455. The van der Waals surface area contributed by atoms with Crippen LogP contribution in [-0.2, 0) is 6.42 Å². The highest BCUT2D eigenvalue weighted by Gasteiger charge is 2.21. The second kappa shape index (κ2) is 10.1. The standard InChI is InChI=1S/C44H30/c1-3-17-31-29(14-1)16-13-27-36(31)43-38-23-9-11-25-40(38)44(41-26-12-10-24-39(41)43)37-22-8-7-21-35(37)42-28-30-15-2-4-18-32(30)33-19-5-6-20-34(33)42/h1,3-14,16-28H,2,15H2. The Morgan fingerprint density at radius 3 is 1.57 bits per heavy atom. The average molecular weight is 559 g/mol. The molecule has 0 amide bonds. The molecule has 0 radical (unpaired) electrons. The fourth-order valence-corrected chi connectivity index (χ4v) is 7.61. The molecule has 8 aromatic carbocycles. The number of hydrogen-bond donors (Lipinski definition) is 0. The van der Waals surface area contributed by atoms with E-state index in [1.54, 1.807) is 0 Å². The Hall–Kier alpha value is -5.46.